The first-order valence-corrected chi connectivity index (χ1v) is 10.2. The van der Waals surface area contributed by atoms with Crippen molar-refractivity contribution in [3.05, 3.63) is 83.4 Å². The lowest BCUT2D eigenvalue weighted by Crippen LogP contribution is -2.33. The zero-order valence-electron chi connectivity index (χ0n) is 17.7. The fraction of sp³-hybridized carbons (Fsp3) is 0.240. The predicted octanol–water partition coefficient (Wildman–Crippen LogP) is 4.95. The minimum Gasteiger partial charge on any atom is -0.497 e. The number of rotatable bonds is 5. The maximum Gasteiger partial charge on any atom is 0.214 e. The molecular formula is C25H24N2O4. The summed E-state index contributed by atoms with van der Waals surface area (Å²) in [5.74, 6) is 3.04. The molecule has 0 N–H and O–H groups in total. The molecule has 2 atom stereocenters. The van der Waals surface area contributed by atoms with Gasteiger partial charge < -0.3 is 18.9 Å². The van der Waals surface area contributed by atoms with Crippen molar-refractivity contribution in [1.29, 1.82) is 0 Å². The highest BCUT2D eigenvalue weighted by Crippen LogP contribution is 2.48. The van der Waals surface area contributed by atoms with E-state index in [-0.39, 0.29) is 12.3 Å². The molecule has 6 heteroatoms. The Morgan fingerprint density at radius 3 is 2.52 bits per heavy atom. The van der Waals surface area contributed by atoms with E-state index in [9.17, 15) is 0 Å². The van der Waals surface area contributed by atoms with Gasteiger partial charge in [-0.1, -0.05) is 30.3 Å². The molecule has 0 spiro atoms. The van der Waals surface area contributed by atoms with Crippen LogP contribution < -0.4 is 18.9 Å². The molecule has 3 aromatic carbocycles. The summed E-state index contributed by atoms with van der Waals surface area (Å²) >= 11 is 0. The smallest absolute Gasteiger partial charge is 0.214 e. The molecule has 6 nitrogen and oxygen atoms in total. The second-order valence-electron chi connectivity index (χ2n) is 7.50. The highest BCUT2D eigenvalue weighted by Gasteiger charge is 2.41. The van der Waals surface area contributed by atoms with Crippen LogP contribution in [0.4, 0.5) is 0 Å². The fourth-order valence-electron chi connectivity index (χ4n) is 4.24. The van der Waals surface area contributed by atoms with E-state index in [4.69, 9.17) is 24.0 Å². The Morgan fingerprint density at radius 1 is 0.871 bits per heavy atom. The van der Waals surface area contributed by atoms with Gasteiger partial charge in [-0.3, -0.25) is 0 Å². The van der Waals surface area contributed by atoms with Gasteiger partial charge in [0.25, 0.3) is 0 Å². The van der Waals surface area contributed by atoms with Crippen LogP contribution in [0.1, 0.15) is 35.4 Å². The summed E-state index contributed by atoms with van der Waals surface area (Å²) in [6.45, 7) is 0. The SMILES string of the molecule is COc1cccc(C2=NN3[C@H](C2)c2ccccc2O[C@H]3c2ccc(OC)c(OC)c2)c1. The van der Waals surface area contributed by atoms with Crippen LogP contribution in [0.3, 0.4) is 0 Å². The standard InChI is InChI=1S/C25H24N2O4/c1-28-18-8-6-7-16(13-18)20-15-21-19-9-4-5-10-22(19)31-25(27(21)26-20)17-11-12-23(29-2)24(14-17)30-3/h4-14,21,25H,15H2,1-3H3/t21-,25+/m1/s1. The highest BCUT2D eigenvalue weighted by molar-refractivity contribution is 6.02. The average molecular weight is 416 g/mol. The Hall–Kier alpha value is -3.67. The Labute approximate surface area is 181 Å². The van der Waals surface area contributed by atoms with Gasteiger partial charge in [0, 0.05) is 23.1 Å². The Balaban J connectivity index is 1.58. The van der Waals surface area contributed by atoms with E-state index in [1.165, 1.54) is 0 Å². The second-order valence-corrected chi connectivity index (χ2v) is 7.50. The first kappa shape index (κ1) is 19.3. The molecule has 2 aliphatic rings. The second kappa shape index (κ2) is 7.87. The first-order chi connectivity index (χ1) is 15.2. The van der Waals surface area contributed by atoms with Crippen LogP contribution in [0.25, 0.3) is 0 Å². The average Bonchev–Trinajstić information content (AvgIpc) is 3.29. The number of methoxy groups -OCH3 is 3. The number of nitrogens with zero attached hydrogens (tertiary/aromatic N) is 2. The molecule has 0 aliphatic carbocycles. The zero-order valence-corrected chi connectivity index (χ0v) is 17.7. The van der Waals surface area contributed by atoms with Gasteiger partial charge in [-0.25, -0.2) is 5.01 Å². The third-order valence-corrected chi connectivity index (χ3v) is 5.79. The van der Waals surface area contributed by atoms with E-state index in [2.05, 4.69) is 17.1 Å². The number of ether oxygens (including phenoxy) is 4. The van der Waals surface area contributed by atoms with Crippen molar-refractivity contribution >= 4 is 5.71 Å². The molecule has 0 amide bonds. The van der Waals surface area contributed by atoms with Gasteiger partial charge in [-0.2, -0.15) is 5.10 Å². The van der Waals surface area contributed by atoms with Gasteiger partial charge in [-0.05, 0) is 36.4 Å². The van der Waals surface area contributed by atoms with Gasteiger partial charge in [0.15, 0.2) is 11.5 Å². The van der Waals surface area contributed by atoms with E-state index in [1.807, 2.05) is 54.6 Å². The number of benzene rings is 3. The molecule has 0 radical (unpaired) electrons. The van der Waals surface area contributed by atoms with E-state index in [0.29, 0.717) is 11.5 Å². The summed E-state index contributed by atoms with van der Waals surface area (Å²) in [4.78, 5) is 0. The minimum absolute atomic E-state index is 0.0873. The number of fused-ring (bicyclic) bond motifs is 3. The largest absolute Gasteiger partial charge is 0.497 e. The van der Waals surface area contributed by atoms with E-state index < -0.39 is 0 Å². The molecule has 158 valence electrons. The molecule has 3 aromatic rings. The lowest BCUT2D eigenvalue weighted by Gasteiger charge is -2.38. The fourth-order valence-corrected chi connectivity index (χ4v) is 4.24. The van der Waals surface area contributed by atoms with Gasteiger partial charge >= 0.3 is 0 Å². The van der Waals surface area contributed by atoms with Crippen LogP contribution in [-0.4, -0.2) is 32.0 Å². The monoisotopic (exact) mass is 416 g/mol. The molecule has 0 aromatic heterocycles. The molecule has 31 heavy (non-hydrogen) atoms. The number of hydrogen-bond donors (Lipinski definition) is 0. The van der Waals surface area contributed by atoms with Crippen molar-refractivity contribution < 1.29 is 18.9 Å². The molecule has 0 unspecified atom stereocenters. The third kappa shape index (κ3) is 3.34. The highest BCUT2D eigenvalue weighted by atomic mass is 16.5. The summed E-state index contributed by atoms with van der Waals surface area (Å²) in [6.07, 6.45) is 0.417. The summed E-state index contributed by atoms with van der Waals surface area (Å²) in [6, 6.07) is 22.1. The van der Waals surface area contributed by atoms with Crippen molar-refractivity contribution in [2.75, 3.05) is 21.3 Å². The molecule has 0 bridgehead atoms. The topological polar surface area (TPSA) is 52.5 Å². The van der Waals surface area contributed by atoms with Crippen molar-refractivity contribution in [2.45, 2.75) is 18.7 Å². The van der Waals surface area contributed by atoms with Crippen LogP contribution in [0.5, 0.6) is 23.0 Å². The Kier molecular flexibility index (Phi) is 4.90. The van der Waals surface area contributed by atoms with Gasteiger partial charge in [0.1, 0.15) is 11.5 Å². The molecular weight excluding hydrogens is 392 g/mol. The van der Waals surface area contributed by atoms with Crippen LogP contribution in [0, 0.1) is 0 Å². The molecule has 2 aliphatic heterocycles. The van der Waals surface area contributed by atoms with Crippen LogP contribution in [0.2, 0.25) is 0 Å². The summed E-state index contributed by atoms with van der Waals surface area (Å²) in [5, 5.41) is 7.06. The van der Waals surface area contributed by atoms with Crippen molar-refractivity contribution in [2.24, 2.45) is 5.10 Å². The lowest BCUT2D eigenvalue weighted by atomic mass is 9.96. The molecule has 0 saturated heterocycles. The van der Waals surface area contributed by atoms with Gasteiger partial charge in [-0.15, -0.1) is 0 Å². The summed E-state index contributed by atoms with van der Waals surface area (Å²) < 4.78 is 22.8. The maximum atomic E-state index is 6.43. The quantitative estimate of drug-likeness (QED) is 0.589. The van der Waals surface area contributed by atoms with E-state index in [0.717, 1.165) is 40.3 Å². The molecule has 2 heterocycles. The summed E-state index contributed by atoms with van der Waals surface area (Å²) in [5.41, 5.74) is 4.15. The Bertz CT molecular complexity index is 1140. The lowest BCUT2D eigenvalue weighted by molar-refractivity contribution is -0.0191. The normalized spacial score (nSPS) is 19.1. The minimum atomic E-state index is -0.372. The molecule has 0 saturated carbocycles. The summed E-state index contributed by atoms with van der Waals surface area (Å²) in [7, 11) is 4.94. The number of hydrogen-bond acceptors (Lipinski definition) is 6. The van der Waals surface area contributed by atoms with Crippen LogP contribution in [-0.2, 0) is 0 Å². The van der Waals surface area contributed by atoms with Crippen LogP contribution in [0.15, 0.2) is 71.8 Å². The Morgan fingerprint density at radius 2 is 1.71 bits per heavy atom. The maximum absolute atomic E-state index is 6.43. The number of hydrazone groups is 1. The third-order valence-electron chi connectivity index (χ3n) is 5.79. The van der Waals surface area contributed by atoms with E-state index >= 15 is 0 Å². The molecule has 5 rings (SSSR count). The van der Waals surface area contributed by atoms with Gasteiger partial charge in [0.05, 0.1) is 33.1 Å². The first-order valence-electron chi connectivity index (χ1n) is 10.2. The van der Waals surface area contributed by atoms with Crippen molar-refractivity contribution in [1.82, 2.24) is 5.01 Å². The van der Waals surface area contributed by atoms with Crippen LogP contribution >= 0.6 is 0 Å². The van der Waals surface area contributed by atoms with E-state index in [1.54, 1.807) is 21.3 Å². The number of para-hydroxylation sites is 1. The predicted molar refractivity (Wildman–Crippen MR) is 118 cm³/mol. The van der Waals surface area contributed by atoms with Crippen molar-refractivity contribution in [3.63, 3.8) is 0 Å². The van der Waals surface area contributed by atoms with Gasteiger partial charge in [0.2, 0.25) is 6.23 Å². The zero-order chi connectivity index (χ0) is 21.4. The van der Waals surface area contributed by atoms with Crippen molar-refractivity contribution in [3.8, 4) is 23.0 Å². The molecule has 0 fully saturated rings.